The van der Waals surface area contributed by atoms with Crippen molar-refractivity contribution in [3.05, 3.63) is 35.9 Å². The van der Waals surface area contributed by atoms with E-state index in [1.54, 1.807) is 0 Å². The molecule has 1 heterocycles. The monoisotopic (exact) mass is 259 g/mol. The van der Waals surface area contributed by atoms with Gasteiger partial charge in [-0.1, -0.05) is 50.1 Å². The molecule has 1 aliphatic carbocycles. The van der Waals surface area contributed by atoms with Crippen molar-refractivity contribution in [2.24, 2.45) is 5.41 Å². The molecule has 0 radical (unpaired) electrons. The molecule has 1 aromatic carbocycles. The summed E-state index contributed by atoms with van der Waals surface area (Å²) in [5.74, 6) is 0.694. The van der Waals surface area contributed by atoms with Crippen molar-refractivity contribution in [3.8, 4) is 0 Å². The quantitative estimate of drug-likeness (QED) is 0.895. The van der Waals surface area contributed by atoms with Gasteiger partial charge in [-0.15, -0.1) is 0 Å². The zero-order valence-electron chi connectivity index (χ0n) is 11.9. The molecule has 19 heavy (non-hydrogen) atoms. The lowest BCUT2D eigenvalue weighted by Gasteiger charge is -2.41. The van der Waals surface area contributed by atoms with Gasteiger partial charge in [0.2, 0.25) is 0 Å². The summed E-state index contributed by atoms with van der Waals surface area (Å²) in [5.41, 5.74) is 1.88. The third kappa shape index (κ3) is 3.01. The van der Waals surface area contributed by atoms with Gasteiger partial charge in [-0.25, -0.2) is 0 Å². The molecule has 2 nitrogen and oxygen atoms in total. The standard InChI is InChI=1S/C17H25NO/c1-17(12-19-13-17)11-18-16-10-6-5-9-15(16)14-7-3-2-4-8-14/h2-4,7-8,15-16,18H,5-6,9-13H2,1H3. The van der Waals surface area contributed by atoms with Crippen LogP contribution in [0, 0.1) is 5.41 Å². The van der Waals surface area contributed by atoms with Crippen molar-refractivity contribution in [3.63, 3.8) is 0 Å². The van der Waals surface area contributed by atoms with E-state index in [1.807, 2.05) is 0 Å². The zero-order chi connectivity index (χ0) is 13.1. The van der Waals surface area contributed by atoms with E-state index in [2.05, 4.69) is 42.6 Å². The minimum absolute atomic E-state index is 0.374. The second kappa shape index (κ2) is 5.64. The molecule has 0 amide bonds. The summed E-state index contributed by atoms with van der Waals surface area (Å²) in [5, 5.41) is 3.83. The van der Waals surface area contributed by atoms with E-state index in [-0.39, 0.29) is 0 Å². The maximum absolute atomic E-state index is 5.35. The van der Waals surface area contributed by atoms with Gasteiger partial charge in [0.15, 0.2) is 0 Å². The average molecular weight is 259 g/mol. The molecule has 2 aliphatic rings. The number of benzene rings is 1. The second-order valence-electron chi connectivity index (χ2n) is 6.59. The van der Waals surface area contributed by atoms with Gasteiger partial charge in [-0.3, -0.25) is 0 Å². The van der Waals surface area contributed by atoms with Gasteiger partial charge in [0, 0.05) is 18.0 Å². The van der Waals surface area contributed by atoms with Crippen molar-refractivity contribution in [2.45, 2.75) is 44.6 Å². The average Bonchev–Trinajstić information content (AvgIpc) is 2.44. The van der Waals surface area contributed by atoms with Crippen LogP contribution in [0.5, 0.6) is 0 Å². The highest BCUT2D eigenvalue weighted by Gasteiger charge is 2.35. The number of ether oxygens (including phenoxy) is 1. The third-order valence-electron chi connectivity index (χ3n) is 4.69. The SMILES string of the molecule is CC1(CNC2CCCCC2c2ccccc2)COC1. The molecule has 2 unspecified atom stereocenters. The first-order valence-electron chi connectivity index (χ1n) is 7.63. The predicted octanol–water partition coefficient (Wildman–Crippen LogP) is 3.34. The first-order valence-corrected chi connectivity index (χ1v) is 7.63. The Hall–Kier alpha value is -0.860. The normalized spacial score (nSPS) is 29.7. The fourth-order valence-electron chi connectivity index (χ4n) is 3.40. The number of nitrogens with one attached hydrogen (secondary N) is 1. The van der Waals surface area contributed by atoms with Crippen LogP contribution >= 0.6 is 0 Å². The highest BCUT2D eigenvalue weighted by Crippen LogP contribution is 2.34. The molecule has 0 aromatic heterocycles. The third-order valence-corrected chi connectivity index (χ3v) is 4.69. The van der Waals surface area contributed by atoms with Crippen molar-refractivity contribution < 1.29 is 4.74 Å². The van der Waals surface area contributed by atoms with E-state index in [0.717, 1.165) is 19.8 Å². The van der Waals surface area contributed by atoms with Crippen LogP contribution in [-0.2, 0) is 4.74 Å². The molecule has 3 rings (SSSR count). The first-order chi connectivity index (χ1) is 9.27. The van der Waals surface area contributed by atoms with E-state index >= 15 is 0 Å². The highest BCUT2D eigenvalue weighted by molar-refractivity contribution is 5.22. The second-order valence-corrected chi connectivity index (χ2v) is 6.59. The molecule has 1 N–H and O–H groups in total. The largest absolute Gasteiger partial charge is 0.380 e. The number of hydrogen-bond donors (Lipinski definition) is 1. The topological polar surface area (TPSA) is 21.3 Å². The molecular formula is C17H25NO. The van der Waals surface area contributed by atoms with Crippen LogP contribution in [0.2, 0.25) is 0 Å². The molecule has 104 valence electrons. The summed E-state index contributed by atoms with van der Waals surface area (Å²) in [6.07, 6.45) is 5.39. The molecule has 1 aromatic rings. The lowest BCUT2D eigenvalue weighted by atomic mass is 9.79. The molecule has 0 bridgehead atoms. The van der Waals surface area contributed by atoms with E-state index in [1.165, 1.54) is 31.2 Å². The number of hydrogen-bond acceptors (Lipinski definition) is 2. The van der Waals surface area contributed by atoms with Crippen molar-refractivity contribution in [1.82, 2.24) is 5.32 Å². The van der Waals surface area contributed by atoms with E-state index in [0.29, 0.717) is 17.4 Å². The van der Waals surface area contributed by atoms with Crippen LogP contribution in [0.1, 0.15) is 44.1 Å². The Morgan fingerprint density at radius 3 is 2.58 bits per heavy atom. The molecule has 2 heteroatoms. The zero-order valence-corrected chi connectivity index (χ0v) is 11.9. The first kappa shape index (κ1) is 13.1. The smallest absolute Gasteiger partial charge is 0.0554 e. The van der Waals surface area contributed by atoms with Crippen molar-refractivity contribution in [1.29, 1.82) is 0 Å². The molecule has 1 saturated heterocycles. The minimum Gasteiger partial charge on any atom is -0.380 e. The Bertz CT molecular complexity index is 399. The molecule has 0 spiro atoms. The molecular weight excluding hydrogens is 234 g/mol. The van der Waals surface area contributed by atoms with Crippen LogP contribution in [0.15, 0.2) is 30.3 Å². The lowest BCUT2D eigenvalue weighted by molar-refractivity contribution is -0.101. The fraction of sp³-hybridized carbons (Fsp3) is 0.647. The molecule has 2 fully saturated rings. The van der Waals surface area contributed by atoms with Gasteiger partial charge < -0.3 is 10.1 Å². The maximum Gasteiger partial charge on any atom is 0.0554 e. The van der Waals surface area contributed by atoms with Gasteiger partial charge in [-0.2, -0.15) is 0 Å². The summed E-state index contributed by atoms with van der Waals surface area (Å²) in [7, 11) is 0. The summed E-state index contributed by atoms with van der Waals surface area (Å²) >= 11 is 0. The van der Waals surface area contributed by atoms with Crippen LogP contribution in [0.25, 0.3) is 0 Å². The van der Waals surface area contributed by atoms with Gasteiger partial charge in [-0.05, 0) is 24.3 Å². The maximum atomic E-state index is 5.35. The molecule has 1 saturated carbocycles. The van der Waals surface area contributed by atoms with Crippen LogP contribution < -0.4 is 5.32 Å². The molecule has 2 atom stereocenters. The predicted molar refractivity (Wildman–Crippen MR) is 78.4 cm³/mol. The van der Waals surface area contributed by atoms with Crippen molar-refractivity contribution >= 4 is 0 Å². The highest BCUT2D eigenvalue weighted by atomic mass is 16.5. The van der Waals surface area contributed by atoms with Gasteiger partial charge in [0.25, 0.3) is 0 Å². The van der Waals surface area contributed by atoms with Crippen molar-refractivity contribution in [2.75, 3.05) is 19.8 Å². The summed E-state index contributed by atoms with van der Waals surface area (Å²) in [6.45, 7) is 5.26. The van der Waals surface area contributed by atoms with E-state index in [9.17, 15) is 0 Å². The minimum atomic E-state index is 0.374. The van der Waals surface area contributed by atoms with Gasteiger partial charge >= 0.3 is 0 Å². The molecule has 1 aliphatic heterocycles. The Balaban J connectivity index is 1.64. The van der Waals surface area contributed by atoms with Crippen LogP contribution in [0.3, 0.4) is 0 Å². The Kier molecular flexibility index (Phi) is 3.90. The van der Waals surface area contributed by atoms with Crippen LogP contribution in [0.4, 0.5) is 0 Å². The van der Waals surface area contributed by atoms with E-state index in [4.69, 9.17) is 4.74 Å². The van der Waals surface area contributed by atoms with Gasteiger partial charge in [0.05, 0.1) is 13.2 Å². The number of rotatable bonds is 4. The summed E-state index contributed by atoms with van der Waals surface area (Å²) in [6, 6.07) is 11.7. The Morgan fingerprint density at radius 2 is 1.89 bits per heavy atom. The van der Waals surface area contributed by atoms with Crippen LogP contribution in [-0.4, -0.2) is 25.8 Å². The lowest BCUT2D eigenvalue weighted by Crippen LogP contribution is -2.51. The fourth-order valence-corrected chi connectivity index (χ4v) is 3.40. The summed E-state index contributed by atoms with van der Waals surface area (Å²) < 4.78 is 5.35. The Morgan fingerprint density at radius 1 is 1.16 bits per heavy atom. The summed E-state index contributed by atoms with van der Waals surface area (Å²) in [4.78, 5) is 0. The van der Waals surface area contributed by atoms with Gasteiger partial charge in [0.1, 0.15) is 0 Å². The van der Waals surface area contributed by atoms with E-state index < -0.39 is 0 Å². The Labute approximate surface area is 116 Å².